The van der Waals surface area contributed by atoms with Crippen molar-refractivity contribution in [2.24, 2.45) is 0 Å². The molecule has 2 N–H and O–H groups in total. The summed E-state index contributed by atoms with van der Waals surface area (Å²) in [4.78, 5) is 25.7. The zero-order valence-electron chi connectivity index (χ0n) is 17.4. The van der Waals surface area contributed by atoms with Crippen LogP contribution in [0.1, 0.15) is 19.3 Å². The number of carbonyl (C=O) groups is 1. The van der Waals surface area contributed by atoms with Gasteiger partial charge in [-0.25, -0.2) is 9.78 Å². The fraction of sp³-hybridized carbons (Fsp3) is 0.450. The van der Waals surface area contributed by atoms with Crippen molar-refractivity contribution in [1.82, 2.24) is 9.97 Å². The van der Waals surface area contributed by atoms with E-state index in [-0.39, 0.29) is 0 Å². The SMILES string of the molecule is COc1cc(NC(=O)Nc2cnc(N3CCCCC3)nc2N(C)C)cc(OC)c1. The standard InChI is InChI=1S/C20H28N6O3/c1-25(2)18-17(13-21-19(24-18)26-8-6-5-7-9-26)23-20(27)22-14-10-15(28-3)12-16(11-14)29-4/h10-13H,5-9H2,1-4H3,(H2,22,23,27). The number of ether oxygens (including phenoxy) is 2. The number of piperidine rings is 1. The third-order valence-corrected chi connectivity index (χ3v) is 4.68. The third kappa shape index (κ3) is 5.18. The summed E-state index contributed by atoms with van der Waals surface area (Å²) in [5.41, 5.74) is 1.08. The lowest BCUT2D eigenvalue weighted by atomic mass is 10.1. The molecular formula is C20H28N6O3. The maximum absolute atomic E-state index is 12.6. The van der Waals surface area contributed by atoms with Gasteiger partial charge in [-0.15, -0.1) is 0 Å². The van der Waals surface area contributed by atoms with Crippen molar-refractivity contribution in [3.63, 3.8) is 0 Å². The number of hydrogen-bond acceptors (Lipinski definition) is 7. The summed E-state index contributed by atoms with van der Waals surface area (Å²) in [5.74, 6) is 2.52. The minimum atomic E-state index is -0.405. The number of urea groups is 1. The minimum Gasteiger partial charge on any atom is -0.497 e. The van der Waals surface area contributed by atoms with Gasteiger partial charge in [0, 0.05) is 51.1 Å². The molecule has 1 aromatic carbocycles. The Labute approximate surface area is 171 Å². The molecule has 0 unspecified atom stereocenters. The van der Waals surface area contributed by atoms with Gasteiger partial charge in [0.05, 0.1) is 20.4 Å². The van der Waals surface area contributed by atoms with Crippen LogP contribution in [0.3, 0.4) is 0 Å². The van der Waals surface area contributed by atoms with Crippen LogP contribution in [-0.4, -0.2) is 57.4 Å². The number of aromatic nitrogens is 2. The van der Waals surface area contributed by atoms with Crippen molar-refractivity contribution in [3.8, 4) is 11.5 Å². The summed E-state index contributed by atoms with van der Waals surface area (Å²) in [5, 5.41) is 5.62. The van der Waals surface area contributed by atoms with Crippen LogP contribution in [0.5, 0.6) is 11.5 Å². The molecule has 29 heavy (non-hydrogen) atoms. The van der Waals surface area contributed by atoms with Gasteiger partial charge in [-0.2, -0.15) is 4.98 Å². The van der Waals surface area contributed by atoms with E-state index in [4.69, 9.17) is 9.47 Å². The molecule has 0 radical (unpaired) electrons. The number of amides is 2. The summed E-state index contributed by atoms with van der Waals surface area (Å²) in [6.07, 6.45) is 5.18. The van der Waals surface area contributed by atoms with E-state index in [1.807, 2.05) is 19.0 Å². The van der Waals surface area contributed by atoms with E-state index in [1.165, 1.54) is 6.42 Å². The molecule has 2 aromatic rings. The molecule has 1 aliphatic heterocycles. The van der Waals surface area contributed by atoms with Crippen molar-refractivity contribution >= 4 is 29.2 Å². The molecule has 1 aromatic heterocycles. The highest BCUT2D eigenvalue weighted by atomic mass is 16.5. The molecule has 1 aliphatic rings. The predicted molar refractivity (Wildman–Crippen MR) is 115 cm³/mol. The summed E-state index contributed by atoms with van der Waals surface area (Å²) < 4.78 is 10.5. The number of rotatable bonds is 6. The molecule has 0 aliphatic carbocycles. The Morgan fingerprint density at radius 2 is 1.69 bits per heavy atom. The van der Waals surface area contributed by atoms with Crippen LogP contribution in [0, 0.1) is 0 Å². The Bertz CT molecular complexity index is 830. The molecule has 0 spiro atoms. The Hall–Kier alpha value is -3.23. The third-order valence-electron chi connectivity index (χ3n) is 4.68. The second kappa shape index (κ2) is 9.31. The molecule has 0 bridgehead atoms. The Balaban J connectivity index is 1.75. The first kappa shape index (κ1) is 20.5. The van der Waals surface area contributed by atoms with E-state index in [0.29, 0.717) is 34.6 Å². The van der Waals surface area contributed by atoms with Crippen LogP contribution in [0.15, 0.2) is 24.4 Å². The fourth-order valence-corrected chi connectivity index (χ4v) is 3.20. The number of nitrogens with one attached hydrogen (secondary N) is 2. The fourth-order valence-electron chi connectivity index (χ4n) is 3.20. The first-order valence-corrected chi connectivity index (χ1v) is 9.60. The number of nitrogens with zero attached hydrogens (tertiary/aromatic N) is 4. The largest absolute Gasteiger partial charge is 0.497 e. The van der Waals surface area contributed by atoms with Gasteiger partial charge < -0.3 is 29.9 Å². The van der Waals surface area contributed by atoms with E-state index in [1.54, 1.807) is 38.6 Å². The average molecular weight is 400 g/mol. The van der Waals surface area contributed by atoms with E-state index in [2.05, 4.69) is 25.5 Å². The van der Waals surface area contributed by atoms with Crippen molar-refractivity contribution < 1.29 is 14.3 Å². The number of carbonyl (C=O) groups excluding carboxylic acids is 1. The molecule has 2 amide bonds. The molecule has 156 valence electrons. The van der Waals surface area contributed by atoms with Crippen LogP contribution in [0.2, 0.25) is 0 Å². The summed E-state index contributed by atoms with van der Waals surface area (Å²) in [7, 11) is 6.89. The van der Waals surface area contributed by atoms with Gasteiger partial charge in [-0.05, 0) is 19.3 Å². The second-order valence-corrected chi connectivity index (χ2v) is 7.03. The van der Waals surface area contributed by atoms with Crippen LogP contribution >= 0.6 is 0 Å². The molecule has 9 heteroatoms. The molecule has 1 fully saturated rings. The van der Waals surface area contributed by atoms with Crippen molar-refractivity contribution in [2.45, 2.75) is 19.3 Å². The van der Waals surface area contributed by atoms with Gasteiger partial charge in [0.15, 0.2) is 5.82 Å². The van der Waals surface area contributed by atoms with Crippen molar-refractivity contribution in [3.05, 3.63) is 24.4 Å². The molecule has 9 nitrogen and oxygen atoms in total. The summed E-state index contributed by atoms with van der Waals surface area (Å²) >= 11 is 0. The molecule has 0 saturated carbocycles. The Kier molecular flexibility index (Phi) is 6.58. The summed E-state index contributed by atoms with van der Waals surface area (Å²) in [6, 6.07) is 4.76. The normalized spacial score (nSPS) is 13.6. The molecular weight excluding hydrogens is 372 g/mol. The lowest BCUT2D eigenvalue weighted by Gasteiger charge is -2.28. The highest BCUT2D eigenvalue weighted by Gasteiger charge is 2.18. The van der Waals surface area contributed by atoms with Gasteiger partial charge in [0.25, 0.3) is 0 Å². The van der Waals surface area contributed by atoms with E-state index < -0.39 is 6.03 Å². The lowest BCUT2D eigenvalue weighted by Crippen LogP contribution is -2.31. The number of benzene rings is 1. The van der Waals surface area contributed by atoms with Crippen LogP contribution in [0.4, 0.5) is 27.9 Å². The lowest BCUT2D eigenvalue weighted by molar-refractivity contribution is 0.262. The first-order valence-electron chi connectivity index (χ1n) is 9.60. The Morgan fingerprint density at radius 1 is 1.03 bits per heavy atom. The summed E-state index contributed by atoms with van der Waals surface area (Å²) in [6.45, 7) is 1.91. The number of anilines is 4. The number of hydrogen-bond donors (Lipinski definition) is 2. The van der Waals surface area contributed by atoms with Gasteiger partial charge in [-0.1, -0.05) is 0 Å². The average Bonchev–Trinajstić information content (AvgIpc) is 2.74. The van der Waals surface area contributed by atoms with E-state index in [0.717, 1.165) is 25.9 Å². The second-order valence-electron chi connectivity index (χ2n) is 7.03. The van der Waals surface area contributed by atoms with E-state index >= 15 is 0 Å². The van der Waals surface area contributed by atoms with Gasteiger partial charge in [0.1, 0.15) is 17.2 Å². The minimum absolute atomic E-state index is 0.405. The van der Waals surface area contributed by atoms with E-state index in [9.17, 15) is 4.79 Å². The molecule has 2 heterocycles. The topological polar surface area (TPSA) is 91.8 Å². The molecule has 1 saturated heterocycles. The predicted octanol–water partition coefficient (Wildman–Crippen LogP) is 3.19. The zero-order valence-corrected chi connectivity index (χ0v) is 17.4. The highest BCUT2D eigenvalue weighted by Crippen LogP contribution is 2.27. The van der Waals surface area contributed by atoms with Gasteiger partial charge in [-0.3, -0.25) is 0 Å². The quantitative estimate of drug-likeness (QED) is 0.769. The Morgan fingerprint density at radius 3 is 2.28 bits per heavy atom. The highest BCUT2D eigenvalue weighted by molar-refractivity contribution is 6.01. The van der Waals surface area contributed by atoms with Crippen LogP contribution in [0.25, 0.3) is 0 Å². The van der Waals surface area contributed by atoms with Crippen molar-refractivity contribution in [1.29, 1.82) is 0 Å². The van der Waals surface area contributed by atoms with Gasteiger partial charge >= 0.3 is 6.03 Å². The van der Waals surface area contributed by atoms with Crippen molar-refractivity contribution in [2.75, 3.05) is 61.8 Å². The molecule has 0 atom stereocenters. The maximum Gasteiger partial charge on any atom is 0.323 e. The molecule has 3 rings (SSSR count). The smallest absolute Gasteiger partial charge is 0.323 e. The number of methoxy groups -OCH3 is 2. The monoisotopic (exact) mass is 400 g/mol. The maximum atomic E-state index is 12.6. The van der Waals surface area contributed by atoms with Crippen LogP contribution < -0.4 is 29.9 Å². The van der Waals surface area contributed by atoms with Crippen LogP contribution in [-0.2, 0) is 0 Å². The van der Waals surface area contributed by atoms with Gasteiger partial charge in [0.2, 0.25) is 5.95 Å². The first-order chi connectivity index (χ1) is 14.0. The zero-order chi connectivity index (χ0) is 20.8.